The van der Waals surface area contributed by atoms with Crippen molar-refractivity contribution in [1.82, 2.24) is 14.7 Å². The quantitative estimate of drug-likeness (QED) is 0.911. The van der Waals surface area contributed by atoms with Gasteiger partial charge in [0.25, 0.3) is 5.91 Å². The SMILES string of the molecule is Cc1nn(C)c(C(=O)N2CCC[C@@H](c3cccc(C(=O)O)c3)C2)c1Cl. The minimum atomic E-state index is -0.942. The fourth-order valence-corrected chi connectivity index (χ4v) is 3.61. The summed E-state index contributed by atoms with van der Waals surface area (Å²) in [6.07, 6.45) is 1.78. The van der Waals surface area contributed by atoms with Gasteiger partial charge in [-0.3, -0.25) is 9.48 Å². The molecule has 0 spiro atoms. The molecule has 0 radical (unpaired) electrons. The second-order valence-corrected chi connectivity index (χ2v) is 6.77. The summed E-state index contributed by atoms with van der Waals surface area (Å²) in [4.78, 5) is 25.9. The molecule has 1 atom stereocenters. The number of hydrogen-bond acceptors (Lipinski definition) is 3. The number of nitrogens with zero attached hydrogens (tertiary/aromatic N) is 3. The van der Waals surface area contributed by atoms with E-state index in [1.165, 1.54) is 4.68 Å². The van der Waals surface area contributed by atoms with E-state index in [0.29, 0.717) is 29.5 Å². The Morgan fingerprint density at radius 2 is 2.12 bits per heavy atom. The van der Waals surface area contributed by atoms with Gasteiger partial charge in [-0.25, -0.2) is 4.79 Å². The highest BCUT2D eigenvalue weighted by molar-refractivity contribution is 6.34. The molecular weight excluding hydrogens is 342 g/mol. The van der Waals surface area contributed by atoms with Gasteiger partial charge in [0.05, 0.1) is 16.3 Å². The molecule has 1 aliphatic rings. The van der Waals surface area contributed by atoms with Gasteiger partial charge in [-0.1, -0.05) is 23.7 Å². The fraction of sp³-hybridized carbons (Fsp3) is 0.389. The molecule has 1 aromatic heterocycles. The number of aromatic carboxylic acids is 1. The molecule has 2 aromatic rings. The van der Waals surface area contributed by atoms with Gasteiger partial charge in [0.1, 0.15) is 5.69 Å². The standard InChI is InChI=1S/C18H20ClN3O3/c1-11-15(19)16(21(2)20-11)17(23)22-8-4-7-14(10-22)12-5-3-6-13(9-12)18(24)25/h3,5-6,9,14H,4,7-8,10H2,1-2H3,(H,24,25)/t14-/m1/s1. The van der Waals surface area contributed by atoms with Crippen LogP contribution >= 0.6 is 11.6 Å². The number of hydrogen-bond donors (Lipinski definition) is 1. The number of aryl methyl sites for hydroxylation is 2. The van der Waals surface area contributed by atoms with Crippen molar-refractivity contribution in [2.75, 3.05) is 13.1 Å². The van der Waals surface area contributed by atoms with E-state index in [2.05, 4.69) is 5.10 Å². The van der Waals surface area contributed by atoms with Crippen LogP contribution in [-0.2, 0) is 7.05 Å². The first-order valence-electron chi connectivity index (χ1n) is 8.20. The van der Waals surface area contributed by atoms with E-state index in [1.54, 1.807) is 37.1 Å². The van der Waals surface area contributed by atoms with E-state index in [-0.39, 0.29) is 17.4 Å². The highest BCUT2D eigenvalue weighted by Gasteiger charge is 2.29. The first kappa shape index (κ1) is 17.5. The molecule has 0 aliphatic carbocycles. The predicted molar refractivity (Wildman–Crippen MR) is 94.2 cm³/mol. The minimum Gasteiger partial charge on any atom is -0.478 e. The maximum Gasteiger partial charge on any atom is 0.335 e. The normalized spacial score (nSPS) is 17.6. The average Bonchev–Trinajstić information content (AvgIpc) is 2.86. The smallest absolute Gasteiger partial charge is 0.335 e. The van der Waals surface area contributed by atoms with Crippen LogP contribution in [0.4, 0.5) is 0 Å². The third-order valence-electron chi connectivity index (χ3n) is 4.67. The number of carboxylic acid groups (broad SMARTS) is 1. The summed E-state index contributed by atoms with van der Waals surface area (Å²) in [6.45, 7) is 2.98. The lowest BCUT2D eigenvalue weighted by atomic mass is 9.89. The Balaban J connectivity index is 1.82. The molecule has 0 bridgehead atoms. The van der Waals surface area contributed by atoms with Crippen LogP contribution in [0, 0.1) is 6.92 Å². The molecule has 7 heteroatoms. The Morgan fingerprint density at radius 3 is 2.76 bits per heavy atom. The van der Waals surface area contributed by atoms with Gasteiger partial charge in [0.15, 0.2) is 0 Å². The lowest BCUT2D eigenvalue weighted by Crippen LogP contribution is -2.40. The number of likely N-dealkylation sites (tertiary alicyclic amines) is 1. The number of piperidine rings is 1. The van der Waals surface area contributed by atoms with Crippen LogP contribution in [0.3, 0.4) is 0 Å². The topological polar surface area (TPSA) is 75.4 Å². The summed E-state index contributed by atoms with van der Waals surface area (Å²) < 4.78 is 1.52. The number of carboxylic acids is 1. The van der Waals surface area contributed by atoms with Crippen molar-refractivity contribution in [1.29, 1.82) is 0 Å². The maximum absolute atomic E-state index is 12.9. The van der Waals surface area contributed by atoms with E-state index < -0.39 is 5.97 Å². The molecule has 6 nitrogen and oxygen atoms in total. The molecule has 1 aromatic carbocycles. The third-order valence-corrected chi connectivity index (χ3v) is 5.12. The van der Waals surface area contributed by atoms with Crippen LogP contribution < -0.4 is 0 Å². The summed E-state index contributed by atoms with van der Waals surface area (Å²) >= 11 is 6.24. The van der Waals surface area contributed by atoms with Crippen molar-refractivity contribution >= 4 is 23.5 Å². The predicted octanol–water partition coefficient (Wildman–Crippen LogP) is 3.10. The van der Waals surface area contributed by atoms with Crippen molar-refractivity contribution in [2.24, 2.45) is 7.05 Å². The number of halogens is 1. The average molecular weight is 362 g/mol. The zero-order valence-electron chi connectivity index (χ0n) is 14.2. The van der Waals surface area contributed by atoms with Gasteiger partial charge in [0, 0.05) is 26.1 Å². The van der Waals surface area contributed by atoms with Gasteiger partial charge in [-0.05, 0) is 37.5 Å². The molecule has 1 N–H and O–H groups in total. The third kappa shape index (κ3) is 3.39. The van der Waals surface area contributed by atoms with Crippen molar-refractivity contribution in [2.45, 2.75) is 25.7 Å². The molecule has 25 heavy (non-hydrogen) atoms. The summed E-state index contributed by atoms with van der Waals surface area (Å²) in [5.74, 6) is -0.958. The second-order valence-electron chi connectivity index (χ2n) is 6.39. The Bertz CT molecular complexity index is 831. The van der Waals surface area contributed by atoms with Crippen LogP contribution in [0.1, 0.15) is 50.9 Å². The van der Waals surface area contributed by atoms with E-state index in [1.807, 2.05) is 6.07 Å². The van der Waals surface area contributed by atoms with Crippen LogP contribution in [0.25, 0.3) is 0 Å². The second kappa shape index (κ2) is 6.88. The van der Waals surface area contributed by atoms with E-state index in [4.69, 9.17) is 11.6 Å². The zero-order chi connectivity index (χ0) is 18.1. The molecule has 3 rings (SSSR count). The maximum atomic E-state index is 12.9. The van der Waals surface area contributed by atoms with Gasteiger partial charge in [0.2, 0.25) is 0 Å². The summed E-state index contributed by atoms with van der Waals surface area (Å²) in [5, 5.41) is 13.8. The van der Waals surface area contributed by atoms with Crippen molar-refractivity contribution in [3.63, 3.8) is 0 Å². The van der Waals surface area contributed by atoms with Gasteiger partial charge >= 0.3 is 5.97 Å². The zero-order valence-corrected chi connectivity index (χ0v) is 15.0. The van der Waals surface area contributed by atoms with E-state index in [0.717, 1.165) is 18.4 Å². The minimum absolute atomic E-state index is 0.116. The summed E-state index contributed by atoms with van der Waals surface area (Å²) in [5.41, 5.74) is 2.25. The highest BCUT2D eigenvalue weighted by atomic mass is 35.5. The summed E-state index contributed by atoms with van der Waals surface area (Å²) in [7, 11) is 1.71. The van der Waals surface area contributed by atoms with Crippen molar-refractivity contribution in [3.05, 3.63) is 51.8 Å². The monoisotopic (exact) mass is 361 g/mol. The molecule has 1 fully saturated rings. The Labute approximate surface area is 151 Å². The fourth-order valence-electron chi connectivity index (χ4n) is 3.37. The Kier molecular flexibility index (Phi) is 4.81. The van der Waals surface area contributed by atoms with Crippen LogP contribution in [0.15, 0.2) is 24.3 Å². The molecule has 1 saturated heterocycles. The van der Waals surface area contributed by atoms with Gasteiger partial charge in [-0.2, -0.15) is 5.10 Å². The van der Waals surface area contributed by atoms with Crippen LogP contribution in [0.2, 0.25) is 5.02 Å². The Hall–Kier alpha value is -2.34. The summed E-state index contributed by atoms with van der Waals surface area (Å²) in [6, 6.07) is 6.95. The first-order valence-corrected chi connectivity index (χ1v) is 8.58. The molecule has 0 unspecified atom stereocenters. The molecule has 1 aliphatic heterocycles. The lowest BCUT2D eigenvalue weighted by Gasteiger charge is -2.33. The van der Waals surface area contributed by atoms with Crippen molar-refractivity contribution in [3.8, 4) is 0 Å². The number of benzene rings is 1. The van der Waals surface area contributed by atoms with E-state index >= 15 is 0 Å². The number of aromatic nitrogens is 2. The van der Waals surface area contributed by atoms with Gasteiger partial charge in [-0.15, -0.1) is 0 Å². The molecule has 132 valence electrons. The van der Waals surface area contributed by atoms with Crippen LogP contribution in [-0.4, -0.2) is 44.8 Å². The number of carbonyl (C=O) groups excluding carboxylic acids is 1. The Morgan fingerprint density at radius 1 is 1.36 bits per heavy atom. The highest BCUT2D eigenvalue weighted by Crippen LogP contribution is 2.29. The van der Waals surface area contributed by atoms with Crippen molar-refractivity contribution < 1.29 is 14.7 Å². The number of rotatable bonds is 3. The lowest BCUT2D eigenvalue weighted by molar-refractivity contribution is 0.0683. The molecular formula is C18H20ClN3O3. The van der Waals surface area contributed by atoms with Gasteiger partial charge < -0.3 is 10.0 Å². The molecule has 1 amide bonds. The van der Waals surface area contributed by atoms with Crippen LogP contribution in [0.5, 0.6) is 0 Å². The largest absolute Gasteiger partial charge is 0.478 e. The number of amides is 1. The number of carbonyl (C=O) groups is 2. The van der Waals surface area contributed by atoms with E-state index in [9.17, 15) is 14.7 Å². The first-order chi connectivity index (χ1) is 11.9. The molecule has 2 heterocycles. The molecule has 0 saturated carbocycles.